The first-order chi connectivity index (χ1) is 8.83. The Labute approximate surface area is 107 Å². The van der Waals surface area contributed by atoms with Crippen LogP contribution >= 0.6 is 0 Å². The Morgan fingerprint density at radius 2 is 1.89 bits per heavy atom. The summed E-state index contributed by atoms with van der Waals surface area (Å²) in [6, 6.07) is 4.70. The summed E-state index contributed by atoms with van der Waals surface area (Å²) in [7, 11) is 0. The number of likely N-dealkylation sites (tertiary alicyclic amines) is 1. The van der Waals surface area contributed by atoms with Gasteiger partial charge in [-0.15, -0.1) is 0 Å². The molecule has 4 rings (SSSR count). The average Bonchev–Trinajstić information content (AvgIpc) is 3.02. The normalized spacial score (nSPS) is 19.9. The SMILES string of the molecule is CC1=Cc2cc3c(cc2=C1N1CCCC1)C=CC=3. The van der Waals surface area contributed by atoms with Crippen LogP contribution < -0.4 is 10.4 Å². The molecule has 1 heterocycles. The van der Waals surface area contributed by atoms with Crippen LogP contribution in [0, 0.1) is 0 Å². The van der Waals surface area contributed by atoms with Gasteiger partial charge >= 0.3 is 0 Å². The molecule has 0 unspecified atom stereocenters. The van der Waals surface area contributed by atoms with Crippen molar-refractivity contribution in [1.29, 1.82) is 0 Å². The number of nitrogens with zero attached hydrogens (tertiary/aromatic N) is 1. The summed E-state index contributed by atoms with van der Waals surface area (Å²) >= 11 is 0. The lowest BCUT2D eigenvalue weighted by molar-refractivity contribution is 0.490. The molecule has 0 N–H and O–H groups in total. The van der Waals surface area contributed by atoms with E-state index < -0.39 is 0 Å². The second-order valence-electron chi connectivity index (χ2n) is 5.46. The Bertz CT molecular complexity index is 698. The molecule has 1 heteroatoms. The van der Waals surface area contributed by atoms with E-state index in [0.717, 1.165) is 0 Å². The molecule has 1 aromatic carbocycles. The average molecular weight is 235 g/mol. The fraction of sp³-hybridized carbons (Fsp3) is 0.294. The highest BCUT2D eigenvalue weighted by Gasteiger charge is 2.21. The first-order valence-electron chi connectivity index (χ1n) is 6.83. The van der Waals surface area contributed by atoms with Crippen molar-refractivity contribution in [3.63, 3.8) is 0 Å². The number of allylic oxidation sites excluding steroid dienone is 1. The minimum Gasteiger partial charge on any atom is -0.371 e. The number of rotatable bonds is 1. The van der Waals surface area contributed by atoms with Crippen molar-refractivity contribution >= 4 is 23.9 Å². The summed E-state index contributed by atoms with van der Waals surface area (Å²) in [5.41, 5.74) is 5.67. The maximum absolute atomic E-state index is 2.56. The van der Waals surface area contributed by atoms with Crippen molar-refractivity contribution in [3.8, 4) is 0 Å². The van der Waals surface area contributed by atoms with Gasteiger partial charge in [-0.2, -0.15) is 0 Å². The van der Waals surface area contributed by atoms with Gasteiger partial charge in [0.25, 0.3) is 0 Å². The molecule has 0 amide bonds. The largest absolute Gasteiger partial charge is 0.371 e. The molecule has 1 saturated heterocycles. The number of hydrogen-bond donors (Lipinski definition) is 0. The van der Waals surface area contributed by atoms with Gasteiger partial charge in [-0.3, -0.25) is 0 Å². The second-order valence-corrected chi connectivity index (χ2v) is 5.46. The van der Waals surface area contributed by atoms with Gasteiger partial charge in [-0.1, -0.05) is 18.2 Å². The predicted molar refractivity (Wildman–Crippen MR) is 77.1 cm³/mol. The quantitative estimate of drug-likeness (QED) is 0.720. The standard InChI is InChI=1S/C17H17N/c1-12-9-15-10-13-5-4-6-14(13)11-16(15)17(12)18-7-2-3-8-18/h4-6,9-11H,2-3,7-8H2,1H3. The Morgan fingerprint density at radius 1 is 1.06 bits per heavy atom. The molecule has 0 saturated carbocycles. The summed E-state index contributed by atoms with van der Waals surface area (Å²) in [6.07, 6.45) is 11.6. The fourth-order valence-corrected chi connectivity index (χ4v) is 3.39. The molecule has 1 fully saturated rings. The third-order valence-electron chi connectivity index (χ3n) is 4.23. The smallest absolute Gasteiger partial charge is 0.0476 e. The second kappa shape index (κ2) is 3.61. The van der Waals surface area contributed by atoms with E-state index in [0.29, 0.717) is 0 Å². The van der Waals surface area contributed by atoms with Crippen LogP contribution in [0.3, 0.4) is 0 Å². The van der Waals surface area contributed by atoms with E-state index >= 15 is 0 Å². The summed E-state index contributed by atoms with van der Waals surface area (Å²) in [5.74, 6) is 0. The third kappa shape index (κ3) is 1.34. The molecular weight excluding hydrogens is 218 g/mol. The summed E-state index contributed by atoms with van der Waals surface area (Å²) in [6.45, 7) is 4.69. The first kappa shape index (κ1) is 10.2. The summed E-state index contributed by atoms with van der Waals surface area (Å²) in [4.78, 5) is 2.56. The number of hydrogen-bond acceptors (Lipinski definition) is 1. The molecule has 0 aromatic heterocycles. The zero-order valence-electron chi connectivity index (χ0n) is 10.7. The molecule has 1 aromatic rings. The summed E-state index contributed by atoms with van der Waals surface area (Å²) in [5, 5.41) is 2.80. The molecule has 1 nitrogen and oxygen atoms in total. The molecule has 3 aliphatic rings. The van der Waals surface area contributed by atoms with E-state index in [1.165, 1.54) is 58.8 Å². The minimum absolute atomic E-state index is 1.22. The highest BCUT2D eigenvalue weighted by atomic mass is 15.2. The van der Waals surface area contributed by atoms with Gasteiger partial charge in [0.2, 0.25) is 0 Å². The zero-order chi connectivity index (χ0) is 12.1. The van der Waals surface area contributed by atoms with E-state index in [-0.39, 0.29) is 0 Å². The summed E-state index contributed by atoms with van der Waals surface area (Å²) < 4.78 is 0. The van der Waals surface area contributed by atoms with E-state index in [2.05, 4.69) is 48.3 Å². The highest BCUT2D eigenvalue weighted by Crippen LogP contribution is 2.26. The Kier molecular flexibility index (Phi) is 2.05. The molecule has 90 valence electrons. The fourth-order valence-electron chi connectivity index (χ4n) is 3.39. The van der Waals surface area contributed by atoms with Crippen LogP contribution in [-0.4, -0.2) is 18.0 Å². The van der Waals surface area contributed by atoms with Gasteiger partial charge in [0.1, 0.15) is 0 Å². The van der Waals surface area contributed by atoms with Crippen LogP contribution in [0.5, 0.6) is 0 Å². The van der Waals surface area contributed by atoms with Crippen molar-refractivity contribution in [2.75, 3.05) is 13.1 Å². The van der Waals surface area contributed by atoms with E-state index in [4.69, 9.17) is 0 Å². The van der Waals surface area contributed by atoms with Crippen LogP contribution in [-0.2, 0) is 0 Å². The van der Waals surface area contributed by atoms with E-state index in [1.54, 1.807) is 0 Å². The first-order valence-corrected chi connectivity index (χ1v) is 6.83. The zero-order valence-corrected chi connectivity index (χ0v) is 10.7. The van der Waals surface area contributed by atoms with E-state index in [9.17, 15) is 0 Å². The molecule has 18 heavy (non-hydrogen) atoms. The third-order valence-corrected chi connectivity index (χ3v) is 4.23. The maximum atomic E-state index is 2.56. The van der Waals surface area contributed by atoms with Crippen LogP contribution in [0.2, 0.25) is 0 Å². The van der Waals surface area contributed by atoms with Gasteiger partial charge in [0.15, 0.2) is 0 Å². The van der Waals surface area contributed by atoms with Gasteiger partial charge in [-0.05, 0) is 59.9 Å². The van der Waals surface area contributed by atoms with Gasteiger partial charge in [-0.25, -0.2) is 0 Å². The Balaban J connectivity index is 1.99. The van der Waals surface area contributed by atoms with Crippen LogP contribution in [0.25, 0.3) is 23.9 Å². The minimum atomic E-state index is 1.22. The molecule has 0 atom stereocenters. The molecule has 1 aliphatic heterocycles. The van der Waals surface area contributed by atoms with Crippen molar-refractivity contribution in [3.05, 3.63) is 45.3 Å². The lowest BCUT2D eigenvalue weighted by atomic mass is 10.1. The van der Waals surface area contributed by atoms with Crippen molar-refractivity contribution < 1.29 is 0 Å². The molecule has 0 radical (unpaired) electrons. The topological polar surface area (TPSA) is 3.24 Å². The Morgan fingerprint density at radius 3 is 2.72 bits per heavy atom. The van der Waals surface area contributed by atoms with Gasteiger partial charge in [0, 0.05) is 24.0 Å². The van der Waals surface area contributed by atoms with Crippen LogP contribution in [0.4, 0.5) is 0 Å². The predicted octanol–water partition coefficient (Wildman–Crippen LogP) is 2.11. The van der Waals surface area contributed by atoms with Gasteiger partial charge in [0.05, 0.1) is 0 Å². The van der Waals surface area contributed by atoms with Gasteiger partial charge < -0.3 is 4.90 Å². The van der Waals surface area contributed by atoms with Crippen molar-refractivity contribution in [2.24, 2.45) is 0 Å². The van der Waals surface area contributed by atoms with Crippen molar-refractivity contribution in [2.45, 2.75) is 19.8 Å². The molecule has 0 bridgehead atoms. The number of fused-ring (bicyclic) bond motifs is 2. The molecular formula is C17H17N. The van der Waals surface area contributed by atoms with E-state index in [1.807, 2.05) is 0 Å². The Hall–Kier alpha value is -1.76. The highest BCUT2D eigenvalue weighted by molar-refractivity contribution is 5.82. The number of benzene rings is 1. The monoisotopic (exact) mass is 235 g/mol. The van der Waals surface area contributed by atoms with Crippen LogP contribution in [0.15, 0.2) is 23.8 Å². The van der Waals surface area contributed by atoms with Crippen LogP contribution in [0.1, 0.15) is 30.9 Å². The molecule has 0 spiro atoms. The molecule has 2 aliphatic carbocycles. The lowest BCUT2D eigenvalue weighted by Crippen LogP contribution is -2.25. The van der Waals surface area contributed by atoms with Crippen molar-refractivity contribution in [1.82, 2.24) is 4.90 Å². The lowest BCUT2D eigenvalue weighted by Gasteiger charge is -2.20. The maximum Gasteiger partial charge on any atom is 0.0476 e.